The van der Waals surface area contributed by atoms with E-state index in [1.165, 1.54) is 12.8 Å². The summed E-state index contributed by atoms with van der Waals surface area (Å²) in [6.07, 6.45) is 4.42. The lowest BCUT2D eigenvalue weighted by Crippen LogP contribution is -2.54. The lowest BCUT2D eigenvalue weighted by molar-refractivity contribution is -0.0912. The summed E-state index contributed by atoms with van der Waals surface area (Å²) in [5.41, 5.74) is -0.799. The minimum Gasteiger partial charge on any atom is -0.444 e. The molecule has 2 aliphatic rings. The number of hydrogen-bond acceptors (Lipinski definition) is 4. The fourth-order valence-corrected chi connectivity index (χ4v) is 3.17. The van der Waals surface area contributed by atoms with Crippen molar-refractivity contribution in [1.82, 2.24) is 4.90 Å². The highest BCUT2D eigenvalue weighted by atomic mass is 79.9. The summed E-state index contributed by atoms with van der Waals surface area (Å²) in [6.45, 7) is 8.16. The normalized spacial score (nSPS) is 26.1. The summed E-state index contributed by atoms with van der Waals surface area (Å²) in [7, 11) is 0. The zero-order valence-electron chi connectivity index (χ0n) is 13.9. The lowest BCUT2D eigenvalue weighted by Gasteiger charge is -2.41. The summed E-state index contributed by atoms with van der Waals surface area (Å²) in [5, 5.41) is 0.711. The van der Waals surface area contributed by atoms with Gasteiger partial charge in [-0.25, -0.2) is 4.79 Å². The van der Waals surface area contributed by atoms with Crippen LogP contribution in [-0.2, 0) is 14.2 Å². The van der Waals surface area contributed by atoms with Crippen LogP contribution in [-0.4, -0.2) is 59.9 Å². The summed E-state index contributed by atoms with van der Waals surface area (Å²) in [4.78, 5) is 14.0. The Labute approximate surface area is 141 Å². The molecule has 5 nitrogen and oxygen atoms in total. The molecule has 128 valence electrons. The van der Waals surface area contributed by atoms with Crippen LogP contribution in [0, 0.1) is 0 Å². The van der Waals surface area contributed by atoms with Crippen molar-refractivity contribution >= 4 is 22.0 Å². The number of rotatable bonds is 6. The zero-order chi connectivity index (χ0) is 16.2. The van der Waals surface area contributed by atoms with Crippen LogP contribution in [0.2, 0.25) is 0 Å². The van der Waals surface area contributed by atoms with E-state index in [0.29, 0.717) is 31.2 Å². The van der Waals surface area contributed by atoms with Gasteiger partial charge in [0.05, 0.1) is 31.5 Å². The molecule has 0 bridgehead atoms. The van der Waals surface area contributed by atoms with Gasteiger partial charge in [-0.3, -0.25) is 0 Å². The third-order valence-electron chi connectivity index (χ3n) is 3.80. The van der Waals surface area contributed by atoms with Gasteiger partial charge in [-0.05, 0) is 46.5 Å². The highest BCUT2D eigenvalue weighted by Crippen LogP contribution is 2.29. The molecule has 0 radical (unpaired) electrons. The van der Waals surface area contributed by atoms with Gasteiger partial charge in [-0.2, -0.15) is 0 Å². The van der Waals surface area contributed by atoms with E-state index in [9.17, 15) is 4.79 Å². The zero-order valence-corrected chi connectivity index (χ0v) is 15.5. The van der Waals surface area contributed by atoms with Crippen molar-refractivity contribution in [2.45, 2.75) is 63.8 Å². The van der Waals surface area contributed by atoms with Crippen LogP contribution in [0.15, 0.2) is 0 Å². The van der Waals surface area contributed by atoms with E-state index in [4.69, 9.17) is 14.2 Å². The third-order valence-corrected chi connectivity index (χ3v) is 4.83. The van der Waals surface area contributed by atoms with E-state index in [1.807, 2.05) is 20.8 Å². The van der Waals surface area contributed by atoms with Crippen molar-refractivity contribution in [2.75, 3.05) is 31.6 Å². The van der Waals surface area contributed by atoms with Gasteiger partial charge in [0.2, 0.25) is 0 Å². The van der Waals surface area contributed by atoms with Crippen LogP contribution < -0.4 is 0 Å². The molecule has 0 aromatic carbocycles. The largest absolute Gasteiger partial charge is 0.444 e. The van der Waals surface area contributed by atoms with Crippen molar-refractivity contribution in [3.63, 3.8) is 0 Å². The predicted molar refractivity (Wildman–Crippen MR) is 88.5 cm³/mol. The molecule has 22 heavy (non-hydrogen) atoms. The fourth-order valence-electron chi connectivity index (χ4n) is 2.55. The Bertz CT molecular complexity index is 381. The number of carbonyl (C=O) groups is 1. The molecule has 1 heterocycles. The highest BCUT2D eigenvalue weighted by Gasteiger charge is 2.38. The van der Waals surface area contributed by atoms with Crippen LogP contribution in [0.1, 0.15) is 46.5 Å². The Kier molecular flexibility index (Phi) is 6.14. The second kappa shape index (κ2) is 7.49. The molecule has 1 saturated carbocycles. The van der Waals surface area contributed by atoms with E-state index in [0.717, 1.165) is 19.4 Å². The van der Waals surface area contributed by atoms with Crippen molar-refractivity contribution in [3.05, 3.63) is 0 Å². The molecular formula is C16H28BrNO4. The van der Waals surface area contributed by atoms with Crippen molar-refractivity contribution in [2.24, 2.45) is 0 Å². The van der Waals surface area contributed by atoms with Crippen molar-refractivity contribution in [1.29, 1.82) is 0 Å². The summed E-state index contributed by atoms with van der Waals surface area (Å²) < 4.78 is 17.2. The standard InChI is InChI=1S/C16H28BrNO4/c1-15(2,3)22-14(19)18-8-4-7-16(11-17,12-18)21-10-9-20-13-5-6-13/h13H,4-12H2,1-3H3. The van der Waals surface area contributed by atoms with Gasteiger partial charge in [0.15, 0.2) is 0 Å². The number of piperidine rings is 1. The maximum atomic E-state index is 12.3. The molecule has 1 aliphatic carbocycles. The van der Waals surface area contributed by atoms with Crippen LogP contribution in [0.25, 0.3) is 0 Å². The average molecular weight is 378 g/mol. The first-order valence-electron chi connectivity index (χ1n) is 8.13. The Balaban J connectivity index is 1.83. The van der Waals surface area contributed by atoms with E-state index < -0.39 is 5.60 Å². The van der Waals surface area contributed by atoms with Gasteiger partial charge < -0.3 is 19.1 Å². The Morgan fingerprint density at radius 1 is 1.32 bits per heavy atom. The second-order valence-corrected chi connectivity index (χ2v) is 7.80. The van der Waals surface area contributed by atoms with Crippen LogP contribution in [0.3, 0.4) is 0 Å². The molecule has 6 heteroatoms. The first-order chi connectivity index (χ1) is 10.3. The number of halogens is 1. The lowest BCUT2D eigenvalue weighted by atomic mass is 9.95. The molecule has 1 saturated heterocycles. The van der Waals surface area contributed by atoms with E-state index in [-0.39, 0.29) is 11.7 Å². The molecule has 0 aromatic rings. The third kappa shape index (κ3) is 5.70. The minimum absolute atomic E-state index is 0.254. The predicted octanol–water partition coefficient (Wildman–Crippen LogP) is 3.35. The maximum Gasteiger partial charge on any atom is 0.410 e. The molecule has 2 rings (SSSR count). The molecule has 0 N–H and O–H groups in total. The molecule has 1 unspecified atom stereocenters. The number of alkyl halides is 1. The topological polar surface area (TPSA) is 48.0 Å². The number of carbonyl (C=O) groups excluding carboxylic acids is 1. The van der Waals surface area contributed by atoms with Crippen LogP contribution in [0.4, 0.5) is 4.79 Å². The van der Waals surface area contributed by atoms with Gasteiger partial charge in [-0.15, -0.1) is 0 Å². The molecular weight excluding hydrogens is 350 g/mol. The first kappa shape index (κ1) is 18.0. The van der Waals surface area contributed by atoms with Crippen molar-refractivity contribution < 1.29 is 19.0 Å². The molecule has 1 amide bonds. The first-order valence-corrected chi connectivity index (χ1v) is 9.25. The summed E-state index contributed by atoms with van der Waals surface area (Å²) >= 11 is 3.55. The Morgan fingerprint density at radius 3 is 2.64 bits per heavy atom. The smallest absolute Gasteiger partial charge is 0.410 e. The number of hydrogen-bond donors (Lipinski definition) is 0. The highest BCUT2D eigenvalue weighted by molar-refractivity contribution is 9.09. The van der Waals surface area contributed by atoms with Gasteiger partial charge in [0.25, 0.3) is 0 Å². The molecule has 2 fully saturated rings. The number of amides is 1. The van der Waals surface area contributed by atoms with Crippen LogP contribution in [0.5, 0.6) is 0 Å². The molecule has 1 aliphatic heterocycles. The Morgan fingerprint density at radius 2 is 2.05 bits per heavy atom. The molecule has 1 atom stereocenters. The monoisotopic (exact) mass is 377 g/mol. The SMILES string of the molecule is CC(C)(C)OC(=O)N1CCCC(CBr)(OCCOC2CC2)C1. The van der Waals surface area contributed by atoms with E-state index in [2.05, 4.69) is 15.9 Å². The van der Waals surface area contributed by atoms with Gasteiger partial charge in [0, 0.05) is 11.9 Å². The van der Waals surface area contributed by atoms with Gasteiger partial charge >= 0.3 is 6.09 Å². The maximum absolute atomic E-state index is 12.3. The summed E-state index contributed by atoms with van der Waals surface area (Å²) in [5.74, 6) is 0. The average Bonchev–Trinajstić information content (AvgIpc) is 3.26. The van der Waals surface area contributed by atoms with Crippen LogP contribution >= 0.6 is 15.9 Å². The van der Waals surface area contributed by atoms with E-state index >= 15 is 0 Å². The number of ether oxygens (including phenoxy) is 3. The van der Waals surface area contributed by atoms with Gasteiger partial charge in [0.1, 0.15) is 5.60 Å². The summed E-state index contributed by atoms with van der Waals surface area (Å²) in [6, 6.07) is 0. The van der Waals surface area contributed by atoms with Crippen molar-refractivity contribution in [3.8, 4) is 0 Å². The Hall–Kier alpha value is -0.330. The fraction of sp³-hybridized carbons (Fsp3) is 0.938. The minimum atomic E-state index is -0.468. The molecule has 0 spiro atoms. The number of nitrogens with zero attached hydrogens (tertiary/aromatic N) is 1. The molecule has 0 aromatic heterocycles. The quantitative estimate of drug-likeness (QED) is 0.525. The second-order valence-electron chi connectivity index (χ2n) is 7.24. The number of likely N-dealkylation sites (tertiary alicyclic amines) is 1. The van der Waals surface area contributed by atoms with Gasteiger partial charge in [-0.1, -0.05) is 15.9 Å². The van der Waals surface area contributed by atoms with E-state index in [1.54, 1.807) is 4.90 Å².